The lowest BCUT2D eigenvalue weighted by Gasteiger charge is -2.38. The first kappa shape index (κ1) is 25.5. The van der Waals surface area contributed by atoms with Crippen molar-refractivity contribution in [2.45, 2.75) is 32.5 Å². The van der Waals surface area contributed by atoms with E-state index in [4.69, 9.17) is 14.2 Å². The molecule has 6 rings (SSSR count). The number of tetrazole rings is 1. The van der Waals surface area contributed by atoms with Crippen molar-refractivity contribution in [1.82, 2.24) is 35.0 Å². The van der Waals surface area contributed by atoms with Gasteiger partial charge in [-0.05, 0) is 63.7 Å². The van der Waals surface area contributed by atoms with Crippen LogP contribution in [0.25, 0.3) is 10.9 Å². The van der Waals surface area contributed by atoms with E-state index in [1.165, 1.54) is 11.1 Å². The van der Waals surface area contributed by atoms with Crippen molar-refractivity contribution in [1.29, 1.82) is 0 Å². The summed E-state index contributed by atoms with van der Waals surface area (Å²) in [7, 11) is 1.65. The van der Waals surface area contributed by atoms with Crippen LogP contribution in [0, 0.1) is 0 Å². The minimum atomic E-state index is -0.386. The molecule has 0 aliphatic carbocycles. The lowest BCUT2D eigenvalue weighted by molar-refractivity contribution is 0.0984. The molecule has 4 heterocycles. The number of hydrogen-bond acceptors (Lipinski definition) is 9. The van der Waals surface area contributed by atoms with Gasteiger partial charge in [0, 0.05) is 50.9 Å². The van der Waals surface area contributed by atoms with E-state index in [1.54, 1.807) is 11.8 Å². The van der Waals surface area contributed by atoms with Crippen molar-refractivity contribution in [2.75, 3.05) is 46.7 Å². The molecule has 2 aromatic carbocycles. The van der Waals surface area contributed by atoms with E-state index in [2.05, 4.69) is 61.5 Å². The predicted octanol–water partition coefficient (Wildman–Crippen LogP) is 2.36. The lowest BCUT2D eigenvalue weighted by Crippen LogP contribution is -2.48. The molecule has 1 N–H and O–H groups in total. The van der Waals surface area contributed by atoms with E-state index < -0.39 is 0 Å². The van der Waals surface area contributed by atoms with Crippen LogP contribution in [0.3, 0.4) is 0 Å². The minimum absolute atomic E-state index is 0.124. The molecule has 11 nitrogen and oxygen atoms in total. The predicted molar refractivity (Wildman–Crippen MR) is 145 cm³/mol. The summed E-state index contributed by atoms with van der Waals surface area (Å²) in [4.78, 5) is 21.3. The van der Waals surface area contributed by atoms with E-state index in [0.717, 1.165) is 61.5 Å². The topological polar surface area (TPSA) is 111 Å². The van der Waals surface area contributed by atoms with Crippen LogP contribution in [0.2, 0.25) is 0 Å². The normalized spacial score (nSPS) is 16.7. The third-order valence-corrected chi connectivity index (χ3v) is 7.57. The number of nitrogens with one attached hydrogen (secondary N) is 1. The number of nitrogens with zero attached hydrogens (tertiary/aromatic N) is 6. The number of hydrogen-bond donors (Lipinski definition) is 1. The molecule has 0 bridgehead atoms. The number of methoxy groups -OCH3 is 1. The van der Waals surface area contributed by atoms with Crippen molar-refractivity contribution >= 4 is 10.9 Å². The highest BCUT2D eigenvalue weighted by molar-refractivity contribution is 5.80. The highest BCUT2D eigenvalue weighted by Gasteiger charge is 2.32. The molecule has 2 aliphatic heterocycles. The van der Waals surface area contributed by atoms with Crippen LogP contribution in [0.1, 0.15) is 35.5 Å². The second kappa shape index (κ2) is 11.1. The van der Waals surface area contributed by atoms with Crippen molar-refractivity contribution in [3.8, 4) is 11.5 Å². The Balaban J connectivity index is 1.28. The number of aromatic nitrogens is 5. The summed E-state index contributed by atoms with van der Waals surface area (Å²) in [6, 6.07) is 13.9. The second-order valence-electron chi connectivity index (χ2n) is 9.98. The molecule has 39 heavy (non-hydrogen) atoms. The molecule has 0 saturated carbocycles. The highest BCUT2D eigenvalue weighted by Crippen LogP contribution is 2.33. The van der Waals surface area contributed by atoms with Crippen LogP contribution >= 0.6 is 0 Å². The van der Waals surface area contributed by atoms with E-state index in [0.29, 0.717) is 24.5 Å². The zero-order valence-electron chi connectivity index (χ0n) is 22.3. The van der Waals surface area contributed by atoms with Crippen LogP contribution in [0.4, 0.5) is 0 Å². The Labute approximate surface area is 226 Å². The molecule has 1 fully saturated rings. The highest BCUT2D eigenvalue weighted by atomic mass is 16.7. The molecule has 0 spiro atoms. The first-order valence-corrected chi connectivity index (χ1v) is 13.4. The number of benzene rings is 2. The number of aryl methyl sites for hydroxylation is 1. The zero-order valence-corrected chi connectivity index (χ0v) is 22.3. The molecule has 4 aromatic rings. The summed E-state index contributed by atoms with van der Waals surface area (Å²) < 4.78 is 18.0. The third kappa shape index (κ3) is 5.25. The molecule has 204 valence electrons. The lowest BCUT2D eigenvalue weighted by atomic mass is 10.0. The van der Waals surface area contributed by atoms with Gasteiger partial charge in [-0.3, -0.25) is 14.6 Å². The fourth-order valence-electron chi connectivity index (χ4n) is 5.42. The molecule has 2 aliphatic rings. The Kier molecular flexibility index (Phi) is 7.27. The Bertz CT molecular complexity index is 1510. The molecule has 0 radical (unpaired) electrons. The smallest absolute Gasteiger partial charge is 0.253 e. The van der Waals surface area contributed by atoms with Gasteiger partial charge in [-0.15, -0.1) is 5.10 Å². The van der Waals surface area contributed by atoms with Crippen LogP contribution in [0.5, 0.6) is 11.5 Å². The van der Waals surface area contributed by atoms with Crippen LogP contribution in [-0.2, 0) is 24.2 Å². The van der Waals surface area contributed by atoms with Crippen molar-refractivity contribution < 1.29 is 14.2 Å². The van der Waals surface area contributed by atoms with Crippen LogP contribution in [-0.4, -0.2) is 81.7 Å². The molecular weight excluding hydrogens is 498 g/mol. The minimum Gasteiger partial charge on any atom is -0.454 e. The molecule has 1 atom stereocenters. The average Bonchev–Trinajstić information content (AvgIpc) is 3.62. The number of aromatic amines is 1. The standard InChI is InChI=1S/C28H33N7O4/c1-3-19-4-6-23-21(14-19)16-22(28(36)29-23)26(27-30-31-32-35(27)12-13-37-2)34-10-8-33(9-11-34)17-20-5-7-24-25(15-20)39-18-38-24/h4-7,14-16,26H,3,8-13,17-18H2,1-2H3,(H,29,36). The summed E-state index contributed by atoms with van der Waals surface area (Å²) in [5.41, 5.74) is 3.76. The Morgan fingerprint density at radius 2 is 1.85 bits per heavy atom. The van der Waals surface area contributed by atoms with Gasteiger partial charge in [0.2, 0.25) is 6.79 Å². The molecule has 0 amide bonds. The zero-order chi connectivity index (χ0) is 26.8. The fourth-order valence-corrected chi connectivity index (χ4v) is 5.42. The van der Waals surface area contributed by atoms with E-state index in [-0.39, 0.29) is 18.4 Å². The van der Waals surface area contributed by atoms with Gasteiger partial charge >= 0.3 is 0 Å². The van der Waals surface area contributed by atoms with Crippen LogP contribution < -0.4 is 15.0 Å². The number of rotatable bonds is 9. The van der Waals surface area contributed by atoms with Gasteiger partial charge in [-0.1, -0.05) is 19.1 Å². The van der Waals surface area contributed by atoms with Crippen molar-refractivity contribution in [3.05, 3.63) is 75.3 Å². The van der Waals surface area contributed by atoms with Crippen LogP contribution in [0.15, 0.2) is 47.3 Å². The summed E-state index contributed by atoms with van der Waals surface area (Å²) >= 11 is 0. The summed E-state index contributed by atoms with van der Waals surface area (Å²) in [5, 5.41) is 13.6. The second-order valence-corrected chi connectivity index (χ2v) is 9.98. The van der Waals surface area contributed by atoms with E-state index in [9.17, 15) is 4.79 Å². The number of pyridine rings is 1. The summed E-state index contributed by atoms with van der Waals surface area (Å²) in [6.07, 6.45) is 0.925. The molecular formula is C28H33N7O4. The third-order valence-electron chi connectivity index (χ3n) is 7.57. The van der Waals surface area contributed by atoms with Gasteiger partial charge in [0.1, 0.15) is 6.04 Å². The van der Waals surface area contributed by atoms with Crippen molar-refractivity contribution in [3.63, 3.8) is 0 Å². The quantitative estimate of drug-likeness (QED) is 0.348. The number of ether oxygens (including phenoxy) is 3. The van der Waals surface area contributed by atoms with Gasteiger partial charge in [0.15, 0.2) is 17.3 Å². The molecule has 11 heteroatoms. The van der Waals surface area contributed by atoms with E-state index in [1.807, 2.05) is 18.2 Å². The maximum absolute atomic E-state index is 13.5. The van der Waals surface area contributed by atoms with Gasteiger partial charge in [0.25, 0.3) is 5.56 Å². The SMILES string of the molecule is CCc1ccc2[nH]c(=O)c(C(c3nnnn3CCOC)N3CCN(Cc4ccc5c(c4)OCO5)CC3)cc2c1. The average molecular weight is 532 g/mol. The number of H-pyrrole nitrogens is 1. The maximum atomic E-state index is 13.5. The monoisotopic (exact) mass is 531 g/mol. The maximum Gasteiger partial charge on any atom is 0.253 e. The summed E-state index contributed by atoms with van der Waals surface area (Å²) in [5.74, 6) is 2.24. The fraction of sp³-hybridized carbons (Fsp3) is 0.429. The van der Waals surface area contributed by atoms with Gasteiger partial charge < -0.3 is 19.2 Å². The Hall–Kier alpha value is -3.80. The molecule has 1 saturated heterocycles. The number of fused-ring (bicyclic) bond motifs is 2. The van der Waals surface area contributed by atoms with Gasteiger partial charge in [0.05, 0.1) is 13.2 Å². The Morgan fingerprint density at radius 1 is 1.03 bits per heavy atom. The van der Waals surface area contributed by atoms with Crippen molar-refractivity contribution in [2.24, 2.45) is 0 Å². The molecule has 2 aromatic heterocycles. The Morgan fingerprint density at radius 3 is 2.67 bits per heavy atom. The molecule has 1 unspecified atom stereocenters. The van der Waals surface area contributed by atoms with E-state index >= 15 is 0 Å². The van der Waals surface area contributed by atoms with Gasteiger partial charge in [-0.25, -0.2) is 4.68 Å². The first-order valence-electron chi connectivity index (χ1n) is 13.4. The summed E-state index contributed by atoms with van der Waals surface area (Å²) in [6.45, 7) is 7.41. The number of piperazine rings is 1. The van der Waals surface area contributed by atoms with Gasteiger partial charge in [-0.2, -0.15) is 0 Å². The first-order chi connectivity index (χ1) is 19.1. The largest absolute Gasteiger partial charge is 0.454 e.